The zero-order valence-electron chi connectivity index (χ0n) is 18.1. The molecular formula is C25H26N4O3. The van der Waals surface area contributed by atoms with Crippen molar-refractivity contribution in [2.24, 2.45) is 0 Å². The number of ketones is 1. The van der Waals surface area contributed by atoms with Crippen molar-refractivity contribution in [3.63, 3.8) is 0 Å². The van der Waals surface area contributed by atoms with Crippen LogP contribution in [0.2, 0.25) is 0 Å². The van der Waals surface area contributed by atoms with Crippen molar-refractivity contribution in [3.05, 3.63) is 66.2 Å². The van der Waals surface area contributed by atoms with Gasteiger partial charge in [-0.2, -0.15) is 0 Å². The zero-order chi connectivity index (χ0) is 22.3. The van der Waals surface area contributed by atoms with Gasteiger partial charge in [0.15, 0.2) is 18.2 Å². The zero-order valence-corrected chi connectivity index (χ0v) is 18.1. The van der Waals surface area contributed by atoms with E-state index in [0.717, 1.165) is 30.2 Å². The molecule has 0 radical (unpaired) electrons. The highest BCUT2D eigenvalue weighted by molar-refractivity contribution is 5.94. The molecule has 1 aromatic heterocycles. The number of hydrogen-bond acceptors (Lipinski definition) is 6. The second-order valence-corrected chi connectivity index (χ2v) is 7.82. The molecule has 0 spiro atoms. The fourth-order valence-corrected chi connectivity index (χ4v) is 3.63. The number of amides is 1. The second kappa shape index (κ2) is 10.0. The first kappa shape index (κ1) is 21.5. The van der Waals surface area contributed by atoms with Gasteiger partial charge in [0, 0.05) is 29.9 Å². The fourth-order valence-electron chi connectivity index (χ4n) is 3.63. The van der Waals surface area contributed by atoms with Crippen LogP contribution >= 0.6 is 0 Å². The maximum atomic E-state index is 12.2. The molecule has 1 aliphatic rings. The molecule has 1 aliphatic heterocycles. The van der Waals surface area contributed by atoms with Crippen LogP contribution in [0, 0.1) is 0 Å². The van der Waals surface area contributed by atoms with Crippen molar-refractivity contribution in [3.8, 4) is 17.0 Å². The van der Waals surface area contributed by atoms with E-state index in [0.29, 0.717) is 17.0 Å². The summed E-state index contributed by atoms with van der Waals surface area (Å²) in [6, 6.07) is 18.2. The number of nitrogens with one attached hydrogen (secondary N) is 1. The molecule has 2 aromatic carbocycles. The standard InChI is InChI=1S/C25H26N4O3/c1-18(30)19-7-11-22(12-8-19)32-17-25(31)26-21-9-5-20(6-10-21)23-13-14-24(28-27-23)29-15-3-2-4-16-29/h5-14H,2-4,15-17H2,1H3,(H,26,31). The Labute approximate surface area is 187 Å². The van der Waals surface area contributed by atoms with Gasteiger partial charge in [-0.3, -0.25) is 9.59 Å². The largest absolute Gasteiger partial charge is 0.484 e. The maximum Gasteiger partial charge on any atom is 0.262 e. The van der Waals surface area contributed by atoms with E-state index in [1.807, 2.05) is 36.4 Å². The van der Waals surface area contributed by atoms with Gasteiger partial charge >= 0.3 is 0 Å². The average molecular weight is 431 g/mol. The van der Waals surface area contributed by atoms with Crippen molar-refractivity contribution in [2.75, 3.05) is 29.9 Å². The van der Waals surface area contributed by atoms with Crippen LogP contribution in [0.4, 0.5) is 11.5 Å². The van der Waals surface area contributed by atoms with Crippen LogP contribution in [0.1, 0.15) is 36.5 Å². The molecule has 0 bridgehead atoms. The Morgan fingerprint density at radius 1 is 0.906 bits per heavy atom. The second-order valence-electron chi connectivity index (χ2n) is 7.82. The van der Waals surface area contributed by atoms with Gasteiger partial charge in [0.1, 0.15) is 5.75 Å². The molecule has 164 valence electrons. The number of anilines is 2. The van der Waals surface area contributed by atoms with Gasteiger partial charge in [-0.05, 0) is 74.7 Å². The highest BCUT2D eigenvalue weighted by Gasteiger charge is 2.13. The van der Waals surface area contributed by atoms with E-state index in [2.05, 4.69) is 20.4 Å². The van der Waals surface area contributed by atoms with E-state index in [1.165, 1.54) is 26.2 Å². The number of ether oxygens (including phenoxy) is 1. The van der Waals surface area contributed by atoms with E-state index >= 15 is 0 Å². The van der Waals surface area contributed by atoms with Gasteiger partial charge in [-0.25, -0.2) is 0 Å². The van der Waals surface area contributed by atoms with Gasteiger partial charge in [-0.15, -0.1) is 10.2 Å². The van der Waals surface area contributed by atoms with Crippen LogP contribution < -0.4 is 15.0 Å². The first-order valence-corrected chi connectivity index (χ1v) is 10.8. The van der Waals surface area contributed by atoms with Crippen molar-refractivity contribution < 1.29 is 14.3 Å². The number of nitrogens with zero attached hydrogens (tertiary/aromatic N) is 3. The normalized spacial score (nSPS) is 13.5. The molecule has 7 heteroatoms. The summed E-state index contributed by atoms with van der Waals surface area (Å²) in [4.78, 5) is 25.8. The Hall–Kier alpha value is -3.74. The van der Waals surface area contributed by atoms with Crippen molar-refractivity contribution in [1.82, 2.24) is 10.2 Å². The minimum absolute atomic E-state index is 0.0123. The number of aromatic nitrogens is 2. The topological polar surface area (TPSA) is 84.4 Å². The molecule has 0 unspecified atom stereocenters. The Morgan fingerprint density at radius 3 is 2.25 bits per heavy atom. The summed E-state index contributed by atoms with van der Waals surface area (Å²) >= 11 is 0. The fraction of sp³-hybridized carbons (Fsp3) is 0.280. The van der Waals surface area contributed by atoms with Gasteiger partial charge in [-0.1, -0.05) is 12.1 Å². The predicted octanol–water partition coefficient (Wildman–Crippen LogP) is 4.35. The number of piperidine rings is 1. The monoisotopic (exact) mass is 430 g/mol. The van der Waals surface area contributed by atoms with E-state index in [-0.39, 0.29) is 18.3 Å². The Kier molecular flexibility index (Phi) is 6.75. The van der Waals surface area contributed by atoms with Crippen molar-refractivity contribution >= 4 is 23.2 Å². The Morgan fingerprint density at radius 2 is 1.62 bits per heavy atom. The quantitative estimate of drug-likeness (QED) is 0.561. The SMILES string of the molecule is CC(=O)c1ccc(OCC(=O)Nc2ccc(-c3ccc(N4CCCCC4)nn3)cc2)cc1. The van der Waals surface area contributed by atoms with Gasteiger partial charge in [0.2, 0.25) is 0 Å². The van der Waals surface area contributed by atoms with E-state index in [1.54, 1.807) is 24.3 Å². The molecule has 0 aliphatic carbocycles. The third kappa shape index (κ3) is 5.49. The maximum absolute atomic E-state index is 12.2. The third-order valence-electron chi connectivity index (χ3n) is 5.43. The minimum atomic E-state index is -0.265. The number of carbonyl (C=O) groups is 2. The predicted molar refractivity (Wildman–Crippen MR) is 124 cm³/mol. The Bertz CT molecular complexity index is 1060. The lowest BCUT2D eigenvalue weighted by Gasteiger charge is -2.27. The lowest BCUT2D eigenvalue weighted by atomic mass is 10.1. The van der Waals surface area contributed by atoms with Crippen molar-refractivity contribution in [1.29, 1.82) is 0 Å². The molecule has 1 N–H and O–H groups in total. The average Bonchev–Trinajstić information content (AvgIpc) is 2.84. The van der Waals surface area contributed by atoms with Crippen molar-refractivity contribution in [2.45, 2.75) is 26.2 Å². The first-order valence-electron chi connectivity index (χ1n) is 10.8. The van der Waals surface area contributed by atoms with Crippen LogP contribution in [0.3, 0.4) is 0 Å². The van der Waals surface area contributed by atoms with Crippen LogP contribution in [-0.2, 0) is 4.79 Å². The summed E-state index contributed by atoms with van der Waals surface area (Å²) in [7, 11) is 0. The van der Waals surface area contributed by atoms with Crippen LogP contribution in [0.25, 0.3) is 11.3 Å². The number of hydrogen-bond donors (Lipinski definition) is 1. The number of Topliss-reactive ketones (excluding diaryl/α,β-unsaturated/α-hetero) is 1. The van der Waals surface area contributed by atoms with Crippen LogP contribution in [-0.4, -0.2) is 41.6 Å². The van der Waals surface area contributed by atoms with Gasteiger partial charge < -0.3 is 15.0 Å². The lowest BCUT2D eigenvalue weighted by molar-refractivity contribution is -0.118. The minimum Gasteiger partial charge on any atom is -0.484 e. The molecule has 1 saturated heterocycles. The molecule has 1 amide bonds. The number of rotatable bonds is 7. The van der Waals surface area contributed by atoms with E-state index in [4.69, 9.17) is 4.74 Å². The molecule has 2 heterocycles. The summed E-state index contributed by atoms with van der Waals surface area (Å²) < 4.78 is 5.48. The number of carbonyl (C=O) groups excluding carboxylic acids is 2. The lowest BCUT2D eigenvalue weighted by Crippen LogP contribution is -2.30. The summed E-state index contributed by atoms with van der Waals surface area (Å²) in [5, 5.41) is 11.6. The highest BCUT2D eigenvalue weighted by atomic mass is 16.5. The summed E-state index contributed by atoms with van der Waals surface area (Å²) in [6.45, 7) is 3.46. The summed E-state index contributed by atoms with van der Waals surface area (Å²) in [6.07, 6.45) is 3.69. The third-order valence-corrected chi connectivity index (χ3v) is 5.43. The molecule has 1 fully saturated rings. The highest BCUT2D eigenvalue weighted by Crippen LogP contribution is 2.22. The molecule has 0 atom stereocenters. The first-order chi connectivity index (χ1) is 15.6. The van der Waals surface area contributed by atoms with Crippen LogP contribution in [0.15, 0.2) is 60.7 Å². The molecule has 4 rings (SSSR count). The molecule has 7 nitrogen and oxygen atoms in total. The molecular weight excluding hydrogens is 404 g/mol. The smallest absolute Gasteiger partial charge is 0.262 e. The van der Waals surface area contributed by atoms with Gasteiger partial charge in [0.05, 0.1) is 5.69 Å². The number of benzene rings is 2. The van der Waals surface area contributed by atoms with Crippen LogP contribution in [0.5, 0.6) is 5.75 Å². The summed E-state index contributed by atoms with van der Waals surface area (Å²) in [5.74, 6) is 1.18. The van der Waals surface area contributed by atoms with Gasteiger partial charge in [0.25, 0.3) is 5.91 Å². The molecule has 32 heavy (non-hydrogen) atoms. The van der Waals surface area contributed by atoms with E-state index in [9.17, 15) is 9.59 Å². The molecule has 0 saturated carbocycles. The summed E-state index contributed by atoms with van der Waals surface area (Å²) in [5.41, 5.74) is 3.00. The Balaban J connectivity index is 1.30. The van der Waals surface area contributed by atoms with E-state index < -0.39 is 0 Å². The molecule has 3 aromatic rings.